The summed E-state index contributed by atoms with van der Waals surface area (Å²) in [6, 6.07) is 4.22. The summed E-state index contributed by atoms with van der Waals surface area (Å²) >= 11 is 0. The highest BCUT2D eigenvalue weighted by molar-refractivity contribution is 5.42. The molecule has 2 nitrogen and oxygen atoms in total. The quantitative estimate of drug-likeness (QED) is 0.735. The molecule has 1 aliphatic heterocycles. The minimum absolute atomic E-state index is 0.428. The lowest BCUT2D eigenvalue weighted by Crippen LogP contribution is -2.47. The molecule has 0 radical (unpaired) electrons. The fraction of sp³-hybridized carbons (Fsp3) is 0.500. The van der Waals surface area contributed by atoms with Crippen LogP contribution in [0.2, 0.25) is 0 Å². The molecule has 0 unspecified atom stereocenters. The Morgan fingerprint density at radius 2 is 1.64 bits per heavy atom. The summed E-state index contributed by atoms with van der Waals surface area (Å²) in [6.07, 6.45) is 0. The molecular formula is C12H16O2. The SMILES string of the molecule is Cc1cc(C)c(C2(O)COC2)c(C)c1. The van der Waals surface area contributed by atoms with Gasteiger partial charge in [0.25, 0.3) is 0 Å². The Kier molecular flexibility index (Phi) is 2.13. The largest absolute Gasteiger partial charge is 0.380 e. The summed E-state index contributed by atoms with van der Waals surface area (Å²) in [7, 11) is 0. The topological polar surface area (TPSA) is 29.5 Å². The van der Waals surface area contributed by atoms with Gasteiger partial charge in [0, 0.05) is 0 Å². The minimum atomic E-state index is -0.734. The smallest absolute Gasteiger partial charge is 0.137 e. The molecule has 0 amide bonds. The predicted octanol–water partition coefficient (Wildman–Crippen LogP) is 1.83. The number of benzene rings is 1. The lowest BCUT2D eigenvalue weighted by atomic mass is 9.84. The predicted molar refractivity (Wildman–Crippen MR) is 55.4 cm³/mol. The molecule has 0 atom stereocenters. The van der Waals surface area contributed by atoms with Crippen molar-refractivity contribution in [2.24, 2.45) is 0 Å². The zero-order valence-corrected chi connectivity index (χ0v) is 8.92. The molecule has 1 heterocycles. The highest BCUT2D eigenvalue weighted by atomic mass is 16.5. The Morgan fingerprint density at radius 3 is 2.00 bits per heavy atom. The summed E-state index contributed by atoms with van der Waals surface area (Å²) in [5.74, 6) is 0. The molecule has 2 rings (SSSR count). The fourth-order valence-electron chi connectivity index (χ4n) is 2.35. The first-order chi connectivity index (χ1) is 6.53. The van der Waals surface area contributed by atoms with Crippen LogP contribution in [0.25, 0.3) is 0 Å². The van der Waals surface area contributed by atoms with Gasteiger partial charge in [0.05, 0.1) is 13.2 Å². The van der Waals surface area contributed by atoms with E-state index in [-0.39, 0.29) is 0 Å². The van der Waals surface area contributed by atoms with Crippen LogP contribution in [0.5, 0.6) is 0 Å². The monoisotopic (exact) mass is 192 g/mol. The van der Waals surface area contributed by atoms with Gasteiger partial charge < -0.3 is 9.84 Å². The third-order valence-corrected chi connectivity index (χ3v) is 2.82. The van der Waals surface area contributed by atoms with Gasteiger partial charge >= 0.3 is 0 Å². The zero-order chi connectivity index (χ0) is 10.3. The third kappa shape index (κ3) is 1.35. The van der Waals surface area contributed by atoms with E-state index in [9.17, 15) is 5.11 Å². The van der Waals surface area contributed by atoms with Crippen LogP contribution in [0.4, 0.5) is 0 Å². The molecule has 1 saturated heterocycles. The second-order valence-corrected chi connectivity index (χ2v) is 4.30. The highest BCUT2D eigenvalue weighted by Crippen LogP contribution is 2.34. The molecule has 2 heteroatoms. The first-order valence-electron chi connectivity index (χ1n) is 4.91. The number of hydrogen-bond acceptors (Lipinski definition) is 2. The van der Waals surface area contributed by atoms with Crippen LogP contribution in [-0.4, -0.2) is 18.3 Å². The van der Waals surface area contributed by atoms with Gasteiger partial charge in [-0.15, -0.1) is 0 Å². The van der Waals surface area contributed by atoms with E-state index in [1.54, 1.807) is 0 Å². The zero-order valence-electron chi connectivity index (χ0n) is 8.92. The average molecular weight is 192 g/mol. The molecule has 0 bridgehead atoms. The average Bonchev–Trinajstić information content (AvgIpc) is 1.99. The molecule has 1 fully saturated rings. The lowest BCUT2D eigenvalue weighted by Gasteiger charge is -2.38. The van der Waals surface area contributed by atoms with Crippen molar-refractivity contribution < 1.29 is 9.84 Å². The van der Waals surface area contributed by atoms with Crippen molar-refractivity contribution >= 4 is 0 Å². The normalized spacial score (nSPS) is 19.1. The molecule has 1 aromatic rings. The first kappa shape index (κ1) is 9.69. The van der Waals surface area contributed by atoms with E-state index in [1.165, 1.54) is 5.56 Å². The summed E-state index contributed by atoms with van der Waals surface area (Å²) < 4.78 is 5.08. The number of aliphatic hydroxyl groups is 1. The first-order valence-corrected chi connectivity index (χ1v) is 4.91. The molecule has 76 valence electrons. The van der Waals surface area contributed by atoms with Crippen LogP contribution in [0.1, 0.15) is 22.3 Å². The van der Waals surface area contributed by atoms with Crippen LogP contribution in [-0.2, 0) is 10.3 Å². The van der Waals surface area contributed by atoms with Gasteiger partial charge in [0.15, 0.2) is 0 Å². The van der Waals surface area contributed by atoms with E-state index in [4.69, 9.17) is 4.74 Å². The molecule has 0 aliphatic carbocycles. The van der Waals surface area contributed by atoms with Gasteiger partial charge in [-0.1, -0.05) is 17.7 Å². The Bertz CT molecular complexity index is 342. The van der Waals surface area contributed by atoms with Crippen molar-refractivity contribution in [3.05, 3.63) is 34.4 Å². The summed E-state index contributed by atoms with van der Waals surface area (Å²) in [5, 5.41) is 10.2. The Labute approximate surface area is 84.5 Å². The molecule has 1 N–H and O–H groups in total. The van der Waals surface area contributed by atoms with Gasteiger partial charge in [0.1, 0.15) is 5.60 Å². The van der Waals surface area contributed by atoms with Gasteiger partial charge in [-0.3, -0.25) is 0 Å². The van der Waals surface area contributed by atoms with Crippen molar-refractivity contribution in [1.29, 1.82) is 0 Å². The van der Waals surface area contributed by atoms with Crippen molar-refractivity contribution in [1.82, 2.24) is 0 Å². The van der Waals surface area contributed by atoms with E-state index in [0.29, 0.717) is 13.2 Å². The van der Waals surface area contributed by atoms with Crippen LogP contribution < -0.4 is 0 Å². The maximum Gasteiger partial charge on any atom is 0.137 e. The lowest BCUT2D eigenvalue weighted by molar-refractivity contribution is -0.185. The van der Waals surface area contributed by atoms with Gasteiger partial charge in [-0.05, 0) is 37.5 Å². The maximum atomic E-state index is 10.2. The molecule has 0 spiro atoms. The van der Waals surface area contributed by atoms with Crippen molar-refractivity contribution in [3.63, 3.8) is 0 Å². The van der Waals surface area contributed by atoms with Crippen LogP contribution in [0.3, 0.4) is 0 Å². The molecule has 1 aromatic carbocycles. The van der Waals surface area contributed by atoms with E-state index in [2.05, 4.69) is 19.1 Å². The highest BCUT2D eigenvalue weighted by Gasteiger charge is 2.40. The van der Waals surface area contributed by atoms with E-state index in [1.807, 2.05) is 13.8 Å². The molecular weight excluding hydrogens is 176 g/mol. The van der Waals surface area contributed by atoms with Gasteiger partial charge in [-0.2, -0.15) is 0 Å². The number of ether oxygens (including phenoxy) is 1. The van der Waals surface area contributed by atoms with E-state index in [0.717, 1.165) is 16.7 Å². The molecule has 14 heavy (non-hydrogen) atoms. The minimum Gasteiger partial charge on any atom is -0.380 e. The maximum absolute atomic E-state index is 10.2. The van der Waals surface area contributed by atoms with Gasteiger partial charge in [0.2, 0.25) is 0 Å². The van der Waals surface area contributed by atoms with Crippen LogP contribution in [0.15, 0.2) is 12.1 Å². The Hall–Kier alpha value is -0.860. The Morgan fingerprint density at radius 1 is 1.14 bits per heavy atom. The van der Waals surface area contributed by atoms with Crippen LogP contribution >= 0.6 is 0 Å². The summed E-state index contributed by atoms with van der Waals surface area (Å²) in [6.45, 7) is 7.03. The van der Waals surface area contributed by atoms with Crippen molar-refractivity contribution in [2.45, 2.75) is 26.4 Å². The van der Waals surface area contributed by atoms with E-state index >= 15 is 0 Å². The molecule has 1 aliphatic rings. The summed E-state index contributed by atoms with van der Waals surface area (Å²) in [5.41, 5.74) is 3.88. The van der Waals surface area contributed by atoms with Gasteiger partial charge in [-0.25, -0.2) is 0 Å². The Balaban J connectivity index is 2.52. The molecule has 0 aromatic heterocycles. The van der Waals surface area contributed by atoms with Crippen LogP contribution in [0, 0.1) is 20.8 Å². The van der Waals surface area contributed by atoms with E-state index < -0.39 is 5.60 Å². The standard InChI is InChI=1S/C12H16O2/c1-8-4-9(2)11(10(3)5-8)12(13)6-14-7-12/h4-5,13H,6-7H2,1-3H3. The fourth-order valence-corrected chi connectivity index (χ4v) is 2.35. The second kappa shape index (κ2) is 3.07. The molecule has 0 saturated carbocycles. The van der Waals surface area contributed by atoms with Crippen molar-refractivity contribution in [3.8, 4) is 0 Å². The number of aryl methyl sites for hydroxylation is 3. The number of rotatable bonds is 1. The van der Waals surface area contributed by atoms with Crippen molar-refractivity contribution in [2.75, 3.05) is 13.2 Å². The third-order valence-electron chi connectivity index (χ3n) is 2.82. The second-order valence-electron chi connectivity index (χ2n) is 4.30. The summed E-state index contributed by atoms with van der Waals surface area (Å²) in [4.78, 5) is 0. The number of hydrogen-bond donors (Lipinski definition) is 1.